The molecule has 0 spiro atoms. The summed E-state index contributed by atoms with van der Waals surface area (Å²) in [4.78, 5) is 3.67. The first-order valence-corrected chi connectivity index (χ1v) is 4.31. The molecule has 1 aromatic carbocycles. The van der Waals surface area contributed by atoms with Crippen molar-refractivity contribution in [2.45, 2.75) is 6.18 Å². The molecule has 0 radical (unpaired) electrons. The number of halogens is 3. The van der Waals surface area contributed by atoms with Crippen LogP contribution in [0.4, 0.5) is 19.1 Å². The van der Waals surface area contributed by atoms with Crippen molar-refractivity contribution in [1.82, 2.24) is 14.8 Å². The second-order valence-corrected chi connectivity index (χ2v) is 3.07. The quantitative estimate of drug-likeness (QED) is 0.810. The van der Waals surface area contributed by atoms with Gasteiger partial charge in [0.15, 0.2) is 0 Å². The maximum absolute atomic E-state index is 12.3. The Morgan fingerprint density at radius 3 is 2.19 bits per heavy atom. The van der Waals surface area contributed by atoms with Crippen LogP contribution in [0.15, 0.2) is 30.6 Å². The van der Waals surface area contributed by atoms with Gasteiger partial charge in [0.25, 0.3) is 0 Å². The number of nitrogens with two attached hydrogens (primary N) is 1. The summed E-state index contributed by atoms with van der Waals surface area (Å²) >= 11 is 0. The topological polar surface area (TPSA) is 56.7 Å². The van der Waals surface area contributed by atoms with Gasteiger partial charge in [-0.3, -0.25) is 0 Å². The Hall–Kier alpha value is -2.05. The predicted octanol–water partition coefficient (Wildman–Crippen LogP) is 1.87. The van der Waals surface area contributed by atoms with Gasteiger partial charge >= 0.3 is 6.18 Å². The van der Waals surface area contributed by atoms with Gasteiger partial charge < -0.3 is 5.73 Å². The molecule has 1 heterocycles. The lowest BCUT2D eigenvalue weighted by molar-refractivity contribution is -0.137. The fraction of sp³-hybridized carbons (Fsp3) is 0.111. The lowest BCUT2D eigenvalue weighted by Crippen LogP contribution is -2.06. The number of benzene rings is 1. The molecule has 2 aromatic rings. The molecule has 0 aliphatic heterocycles. The molecule has 2 N–H and O–H groups in total. The highest BCUT2D eigenvalue weighted by atomic mass is 19.4. The van der Waals surface area contributed by atoms with Gasteiger partial charge in [0, 0.05) is 0 Å². The lowest BCUT2D eigenvalue weighted by atomic mass is 10.2. The average molecular weight is 228 g/mol. The van der Waals surface area contributed by atoms with Gasteiger partial charge in [-0.05, 0) is 24.3 Å². The van der Waals surface area contributed by atoms with E-state index in [1.54, 1.807) is 0 Å². The Morgan fingerprint density at radius 1 is 1.12 bits per heavy atom. The van der Waals surface area contributed by atoms with Crippen LogP contribution >= 0.6 is 0 Å². The van der Waals surface area contributed by atoms with Gasteiger partial charge in [0.05, 0.1) is 11.3 Å². The standard InChI is InChI=1S/C9H7F3N4/c10-9(11,12)6-1-3-7(4-2-6)16-8(13)14-5-15-16/h1-5H,(H2,13,14,15). The molecule has 0 saturated carbocycles. The van der Waals surface area contributed by atoms with Crippen LogP contribution in [0.2, 0.25) is 0 Å². The van der Waals surface area contributed by atoms with Crippen LogP contribution in [0.5, 0.6) is 0 Å². The molecule has 0 bridgehead atoms. The molecule has 0 unspecified atom stereocenters. The lowest BCUT2D eigenvalue weighted by Gasteiger charge is -2.07. The largest absolute Gasteiger partial charge is 0.416 e. The smallest absolute Gasteiger partial charge is 0.368 e. The van der Waals surface area contributed by atoms with Crippen molar-refractivity contribution in [2.75, 3.05) is 5.73 Å². The first kappa shape index (κ1) is 10.5. The minimum absolute atomic E-state index is 0.125. The van der Waals surface area contributed by atoms with Gasteiger partial charge in [0.1, 0.15) is 6.33 Å². The van der Waals surface area contributed by atoms with Crippen molar-refractivity contribution >= 4 is 5.95 Å². The van der Waals surface area contributed by atoms with Crippen molar-refractivity contribution in [3.8, 4) is 5.69 Å². The number of nitrogen functional groups attached to an aromatic ring is 1. The van der Waals surface area contributed by atoms with Gasteiger partial charge in [-0.2, -0.15) is 27.9 Å². The van der Waals surface area contributed by atoms with E-state index in [-0.39, 0.29) is 5.95 Å². The van der Waals surface area contributed by atoms with E-state index >= 15 is 0 Å². The molecular weight excluding hydrogens is 221 g/mol. The summed E-state index contributed by atoms with van der Waals surface area (Å²) in [6.45, 7) is 0. The average Bonchev–Trinajstić information content (AvgIpc) is 2.63. The fourth-order valence-corrected chi connectivity index (χ4v) is 1.24. The highest BCUT2D eigenvalue weighted by Crippen LogP contribution is 2.29. The second-order valence-electron chi connectivity index (χ2n) is 3.07. The molecule has 1 aromatic heterocycles. The number of anilines is 1. The molecule has 2 rings (SSSR count). The number of rotatable bonds is 1. The first-order chi connectivity index (χ1) is 7.48. The zero-order valence-electron chi connectivity index (χ0n) is 7.94. The third-order valence-corrected chi connectivity index (χ3v) is 2.01. The summed E-state index contributed by atoms with van der Waals surface area (Å²) in [5.41, 5.74) is 5.18. The van der Waals surface area contributed by atoms with Gasteiger partial charge in [-0.1, -0.05) is 0 Å². The predicted molar refractivity (Wildman–Crippen MR) is 50.8 cm³/mol. The minimum atomic E-state index is -4.34. The molecule has 0 atom stereocenters. The Balaban J connectivity index is 2.37. The van der Waals surface area contributed by atoms with Crippen molar-refractivity contribution < 1.29 is 13.2 Å². The third kappa shape index (κ3) is 1.83. The number of hydrogen-bond acceptors (Lipinski definition) is 3. The normalized spacial score (nSPS) is 11.7. The molecule has 0 aliphatic rings. The number of alkyl halides is 3. The van der Waals surface area contributed by atoms with Crippen LogP contribution in [0.3, 0.4) is 0 Å². The van der Waals surface area contributed by atoms with E-state index in [0.29, 0.717) is 5.69 Å². The van der Waals surface area contributed by atoms with E-state index in [0.717, 1.165) is 12.1 Å². The van der Waals surface area contributed by atoms with E-state index in [2.05, 4.69) is 10.1 Å². The Morgan fingerprint density at radius 2 is 1.75 bits per heavy atom. The first-order valence-electron chi connectivity index (χ1n) is 4.31. The van der Waals surface area contributed by atoms with Gasteiger partial charge in [-0.15, -0.1) is 0 Å². The van der Waals surface area contributed by atoms with Crippen molar-refractivity contribution in [1.29, 1.82) is 0 Å². The fourth-order valence-electron chi connectivity index (χ4n) is 1.24. The Labute approximate surface area is 88.5 Å². The highest BCUT2D eigenvalue weighted by molar-refractivity contribution is 5.39. The maximum Gasteiger partial charge on any atom is 0.416 e. The summed E-state index contributed by atoms with van der Waals surface area (Å²) in [6, 6.07) is 4.51. The zero-order valence-corrected chi connectivity index (χ0v) is 7.94. The van der Waals surface area contributed by atoms with Crippen molar-refractivity contribution in [3.05, 3.63) is 36.2 Å². The zero-order chi connectivity index (χ0) is 11.8. The third-order valence-electron chi connectivity index (χ3n) is 2.01. The molecule has 4 nitrogen and oxygen atoms in total. The van der Waals surface area contributed by atoms with E-state index in [4.69, 9.17) is 5.73 Å². The molecule has 0 fully saturated rings. The van der Waals surface area contributed by atoms with Gasteiger partial charge in [-0.25, -0.2) is 0 Å². The summed E-state index contributed by atoms with van der Waals surface area (Å²) in [5.74, 6) is 0.125. The number of aromatic nitrogens is 3. The van der Waals surface area contributed by atoms with Crippen molar-refractivity contribution in [2.24, 2.45) is 0 Å². The number of hydrogen-bond donors (Lipinski definition) is 1. The SMILES string of the molecule is Nc1ncnn1-c1ccc(C(F)(F)F)cc1. The van der Waals surface area contributed by atoms with Crippen LogP contribution in [0.25, 0.3) is 5.69 Å². The molecular formula is C9H7F3N4. The van der Waals surface area contributed by atoms with E-state index in [9.17, 15) is 13.2 Å². The van der Waals surface area contributed by atoms with Crippen LogP contribution < -0.4 is 5.73 Å². The maximum atomic E-state index is 12.3. The van der Waals surface area contributed by atoms with E-state index < -0.39 is 11.7 Å². The summed E-state index contributed by atoms with van der Waals surface area (Å²) in [6.07, 6.45) is -3.11. The Kier molecular flexibility index (Phi) is 2.30. The van der Waals surface area contributed by atoms with Crippen LogP contribution in [0.1, 0.15) is 5.56 Å². The summed E-state index contributed by atoms with van der Waals surface area (Å²) in [7, 11) is 0. The molecule has 84 valence electrons. The molecule has 0 amide bonds. The molecule has 0 saturated heterocycles. The van der Waals surface area contributed by atoms with Crippen LogP contribution in [0, 0.1) is 0 Å². The molecule has 7 heteroatoms. The minimum Gasteiger partial charge on any atom is -0.368 e. The Bertz CT molecular complexity index is 486. The van der Waals surface area contributed by atoms with Crippen molar-refractivity contribution in [3.63, 3.8) is 0 Å². The van der Waals surface area contributed by atoms with E-state index in [1.165, 1.54) is 23.1 Å². The summed E-state index contributed by atoms with van der Waals surface area (Å²) in [5, 5.41) is 3.78. The van der Waals surface area contributed by atoms with Crippen LogP contribution in [-0.4, -0.2) is 14.8 Å². The van der Waals surface area contributed by atoms with E-state index in [1.807, 2.05) is 0 Å². The van der Waals surface area contributed by atoms with Gasteiger partial charge in [0.2, 0.25) is 5.95 Å². The highest BCUT2D eigenvalue weighted by Gasteiger charge is 2.30. The second kappa shape index (κ2) is 3.51. The number of nitrogens with zero attached hydrogens (tertiary/aromatic N) is 3. The van der Waals surface area contributed by atoms with Crippen LogP contribution in [-0.2, 0) is 6.18 Å². The summed E-state index contributed by atoms with van der Waals surface area (Å²) < 4.78 is 38.1. The molecule has 0 aliphatic carbocycles. The molecule has 16 heavy (non-hydrogen) atoms. The monoisotopic (exact) mass is 228 g/mol.